The molecule has 3 aliphatic rings. The van der Waals surface area contributed by atoms with E-state index < -0.39 is 0 Å². The molecule has 3 aromatic rings. The Morgan fingerprint density at radius 1 is 0.912 bits per heavy atom. The fraction of sp³-hybridized carbons (Fsp3) is 0.448. The van der Waals surface area contributed by atoms with Gasteiger partial charge in [0.15, 0.2) is 0 Å². The van der Waals surface area contributed by atoms with Crippen LogP contribution in [0.15, 0.2) is 60.8 Å². The summed E-state index contributed by atoms with van der Waals surface area (Å²) in [5.74, 6) is 2.37. The largest absolute Gasteiger partial charge is 0.371 e. The summed E-state index contributed by atoms with van der Waals surface area (Å²) >= 11 is 0. The van der Waals surface area contributed by atoms with Crippen molar-refractivity contribution in [2.24, 2.45) is 11.8 Å². The van der Waals surface area contributed by atoms with Crippen molar-refractivity contribution < 1.29 is 0 Å². The van der Waals surface area contributed by atoms with Gasteiger partial charge in [-0.3, -0.25) is 0 Å². The van der Waals surface area contributed by atoms with E-state index in [0.717, 1.165) is 44.0 Å². The molecule has 3 fully saturated rings. The van der Waals surface area contributed by atoms with E-state index in [1.807, 2.05) is 12.1 Å². The van der Waals surface area contributed by atoms with E-state index in [9.17, 15) is 0 Å². The Morgan fingerprint density at radius 3 is 2.59 bits per heavy atom. The molecule has 3 heterocycles. The molecule has 0 spiro atoms. The van der Waals surface area contributed by atoms with E-state index in [4.69, 9.17) is 10.2 Å². The molecule has 2 aromatic carbocycles. The number of hydrogen-bond acceptors (Lipinski definition) is 5. The van der Waals surface area contributed by atoms with Gasteiger partial charge in [0.25, 0.3) is 0 Å². The number of benzene rings is 2. The average Bonchev–Trinajstić information content (AvgIpc) is 2.89. The second kappa shape index (κ2) is 9.27. The average molecular weight is 452 g/mol. The number of hydrogen-bond donors (Lipinski definition) is 1. The minimum Gasteiger partial charge on any atom is -0.371 e. The molecule has 174 valence electrons. The Labute approximate surface area is 202 Å². The van der Waals surface area contributed by atoms with Crippen molar-refractivity contribution in [3.8, 4) is 6.07 Å². The van der Waals surface area contributed by atoms with Gasteiger partial charge in [0.2, 0.25) is 0 Å². The molecule has 0 amide bonds. The number of pyridine rings is 1. The molecule has 4 unspecified atom stereocenters. The van der Waals surface area contributed by atoms with Crippen LogP contribution in [0.5, 0.6) is 0 Å². The molecular formula is C29H33N5. The zero-order valence-corrected chi connectivity index (χ0v) is 19.7. The van der Waals surface area contributed by atoms with Crippen LogP contribution in [0.1, 0.15) is 37.7 Å². The fourth-order valence-electron chi connectivity index (χ4n) is 6.49. The van der Waals surface area contributed by atoms with Crippen LogP contribution in [0.25, 0.3) is 10.8 Å². The number of rotatable bonds is 2. The Morgan fingerprint density at radius 2 is 1.74 bits per heavy atom. The van der Waals surface area contributed by atoms with Crippen LogP contribution in [0, 0.1) is 23.2 Å². The highest BCUT2D eigenvalue weighted by atomic mass is 15.3. The molecule has 1 aromatic heterocycles. The lowest BCUT2D eigenvalue weighted by Crippen LogP contribution is -2.60. The molecule has 5 nitrogen and oxygen atoms in total. The lowest BCUT2D eigenvalue weighted by Gasteiger charge is -2.50. The van der Waals surface area contributed by atoms with Crippen molar-refractivity contribution in [1.29, 1.82) is 5.26 Å². The first-order valence-electron chi connectivity index (χ1n) is 12.9. The topological polar surface area (TPSA) is 55.2 Å². The summed E-state index contributed by atoms with van der Waals surface area (Å²) < 4.78 is 0. The number of nitrogens with one attached hydrogen (secondary N) is 1. The first kappa shape index (κ1) is 21.4. The number of nitriles is 1. The van der Waals surface area contributed by atoms with Gasteiger partial charge >= 0.3 is 0 Å². The third-order valence-electron chi connectivity index (χ3n) is 8.35. The highest BCUT2D eigenvalue weighted by Gasteiger charge is 2.39. The van der Waals surface area contributed by atoms with Crippen LogP contribution in [0.3, 0.4) is 0 Å². The predicted octanol–water partition coefficient (Wildman–Crippen LogP) is 4.97. The molecule has 5 heteroatoms. The van der Waals surface area contributed by atoms with E-state index in [1.54, 1.807) is 0 Å². The van der Waals surface area contributed by atoms with Gasteiger partial charge in [0.1, 0.15) is 5.82 Å². The number of anilines is 2. The van der Waals surface area contributed by atoms with Crippen molar-refractivity contribution in [1.82, 2.24) is 10.3 Å². The predicted molar refractivity (Wildman–Crippen MR) is 138 cm³/mol. The van der Waals surface area contributed by atoms with Crippen LogP contribution in [-0.4, -0.2) is 43.2 Å². The zero-order valence-electron chi connectivity index (χ0n) is 19.7. The normalized spacial score (nSPS) is 27.3. The molecular weight excluding hydrogens is 418 g/mol. The molecule has 1 N–H and O–H groups in total. The van der Waals surface area contributed by atoms with Gasteiger partial charge in [0, 0.05) is 61.5 Å². The molecule has 2 saturated heterocycles. The minimum atomic E-state index is 0.485. The first-order chi connectivity index (χ1) is 16.8. The van der Waals surface area contributed by atoms with Crippen molar-refractivity contribution in [2.45, 2.75) is 44.2 Å². The quantitative estimate of drug-likeness (QED) is 0.596. The number of fused-ring (bicyclic) bond motifs is 3. The van der Waals surface area contributed by atoms with Gasteiger partial charge in [-0.1, -0.05) is 37.1 Å². The van der Waals surface area contributed by atoms with Crippen LogP contribution in [-0.2, 0) is 0 Å². The molecule has 1 aliphatic carbocycles. The van der Waals surface area contributed by atoms with Gasteiger partial charge in [-0.25, -0.2) is 4.98 Å². The van der Waals surface area contributed by atoms with E-state index in [1.165, 1.54) is 42.1 Å². The fourth-order valence-corrected chi connectivity index (χ4v) is 6.49. The highest BCUT2D eigenvalue weighted by molar-refractivity contribution is 5.84. The summed E-state index contributed by atoms with van der Waals surface area (Å²) in [6.45, 7) is 4.22. The van der Waals surface area contributed by atoms with Crippen molar-refractivity contribution in [3.63, 3.8) is 0 Å². The molecule has 1 saturated carbocycles. The lowest BCUT2D eigenvalue weighted by atomic mass is 9.80. The van der Waals surface area contributed by atoms with Gasteiger partial charge in [-0.15, -0.1) is 0 Å². The van der Waals surface area contributed by atoms with E-state index in [0.29, 0.717) is 23.9 Å². The van der Waals surface area contributed by atoms with E-state index in [-0.39, 0.29) is 0 Å². The van der Waals surface area contributed by atoms with Crippen molar-refractivity contribution in [3.05, 3.63) is 66.4 Å². The van der Waals surface area contributed by atoms with Crippen molar-refractivity contribution in [2.75, 3.05) is 36.0 Å². The smallest absolute Gasteiger partial charge is 0.129 e. The summed E-state index contributed by atoms with van der Waals surface area (Å²) in [5.41, 5.74) is 1.95. The second-order valence-corrected chi connectivity index (χ2v) is 10.3. The third-order valence-corrected chi connectivity index (χ3v) is 8.35. The SMILES string of the molecule is N#Cc1ccc(N2CCC3C(CNC4CCCCC4CN3c3cc4ccccc4cn3)C2)cc1. The van der Waals surface area contributed by atoms with Gasteiger partial charge in [0.05, 0.1) is 11.6 Å². The van der Waals surface area contributed by atoms with Crippen LogP contribution >= 0.6 is 0 Å². The number of piperidine rings is 1. The molecule has 34 heavy (non-hydrogen) atoms. The monoisotopic (exact) mass is 451 g/mol. The zero-order chi connectivity index (χ0) is 22.9. The lowest BCUT2D eigenvalue weighted by molar-refractivity contribution is 0.202. The molecule has 6 rings (SSSR count). The second-order valence-electron chi connectivity index (χ2n) is 10.3. The maximum absolute atomic E-state index is 9.17. The van der Waals surface area contributed by atoms with Crippen LogP contribution < -0.4 is 15.1 Å². The Kier molecular flexibility index (Phi) is 5.84. The first-order valence-corrected chi connectivity index (χ1v) is 12.9. The summed E-state index contributed by atoms with van der Waals surface area (Å²) in [6.07, 6.45) is 8.48. The molecule has 0 bridgehead atoms. The molecule has 4 atom stereocenters. The van der Waals surface area contributed by atoms with E-state index in [2.05, 4.69) is 69.8 Å². The third kappa shape index (κ3) is 4.12. The maximum Gasteiger partial charge on any atom is 0.129 e. The Hall–Kier alpha value is -3.10. The van der Waals surface area contributed by atoms with Gasteiger partial charge < -0.3 is 15.1 Å². The number of aromatic nitrogens is 1. The highest BCUT2D eigenvalue weighted by Crippen LogP contribution is 2.35. The van der Waals surface area contributed by atoms with Crippen LogP contribution in [0.2, 0.25) is 0 Å². The maximum atomic E-state index is 9.17. The minimum absolute atomic E-state index is 0.485. The van der Waals surface area contributed by atoms with Gasteiger partial charge in [-0.05, 0) is 60.9 Å². The summed E-state index contributed by atoms with van der Waals surface area (Å²) in [4.78, 5) is 10.2. The standard InChI is InChI=1S/C29H33N5/c30-16-21-9-11-26(12-10-21)33-14-13-28-25(19-33)18-31-27-8-4-3-7-24(27)20-34(28)29-15-22-5-1-2-6-23(22)17-32-29/h1-2,5-6,9-12,15,17,24-25,27-28,31H,3-4,7-8,13-14,18-20H2. The molecule has 0 radical (unpaired) electrons. The van der Waals surface area contributed by atoms with Crippen LogP contribution in [0.4, 0.5) is 11.5 Å². The molecule has 2 aliphatic heterocycles. The summed E-state index contributed by atoms with van der Waals surface area (Å²) in [7, 11) is 0. The van der Waals surface area contributed by atoms with E-state index >= 15 is 0 Å². The Bertz CT molecular complexity index is 1180. The summed E-state index contributed by atoms with van der Waals surface area (Å²) in [6, 6.07) is 22.3. The Balaban J connectivity index is 1.31. The number of nitrogens with zero attached hydrogens (tertiary/aromatic N) is 4. The van der Waals surface area contributed by atoms with Crippen molar-refractivity contribution >= 4 is 22.3 Å². The van der Waals surface area contributed by atoms with Gasteiger partial charge in [-0.2, -0.15) is 5.26 Å². The summed E-state index contributed by atoms with van der Waals surface area (Å²) in [5, 5.41) is 15.7.